The van der Waals surface area contributed by atoms with Crippen molar-refractivity contribution in [1.82, 2.24) is 35.0 Å². The first-order chi connectivity index (χ1) is 16.5. The fourth-order valence-electron chi connectivity index (χ4n) is 4.35. The predicted molar refractivity (Wildman–Crippen MR) is 118 cm³/mol. The number of nitrogens with zero attached hydrogens (tertiary/aromatic N) is 5. The number of rotatable bonds is 7. The maximum Gasteiger partial charge on any atom is 0.272 e. The quantitative estimate of drug-likeness (QED) is 0.422. The second kappa shape index (κ2) is 9.24. The molecule has 1 fully saturated rings. The fraction of sp³-hybridized carbons (Fsp3) is 0.348. The Kier molecular flexibility index (Phi) is 5.99. The molecule has 0 spiro atoms. The first-order valence-corrected chi connectivity index (χ1v) is 11.1. The minimum absolute atomic E-state index is 0.0455. The average Bonchev–Trinajstić information content (AvgIpc) is 3.56. The van der Waals surface area contributed by atoms with E-state index in [1.807, 2.05) is 0 Å². The highest BCUT2D eigenvalue weighted by atomic mass is 19.3. The largest absolute Gasteiger partial charge is 0.347 e. The van der Waals surface area contributed by atoms with Crippen LogP contribution in [0.4, 0.5) is 13.2 Å². The third-order valence-electron chi connectivity index (χ3n) is 5.97. The number of benzene rings is 1. The zero-order valence-electron chi connectivity index (χ0n) is 18.1. The molecule has 8 nitrogen and oxygen atoms in total. The van der Waals surface area contributed by atoms with Crippen molar-refractivity contribution in [3.63, 3.8) is 0 Å². The number of amides is 1. The van der Waals surface area contributed by atoms with E-state index in [4.69, 9.17) is 0 Å². The van der Waals surface area contributed by atoms with E-state index < -0.39 is 24.7 Å². The van der Waals surface area contributed by atoms with E-state index in [-0.39, 0.29) is 12.2 Å². The molecular weight excluding hydrogens is 447 g/mol. The van der Waals surface area contributed by atoms with Gasteiger partial charge < -0.3 is 10.3 Å². The van der Waals surface area contributed by atoms with Crippen molar-refractivity contribution < 1.29 is 18.0 Å². The summed E-state index contributed by atoms with van der Waals surface area (Å²) in [7, 11) is 0. The number of aromatic nitrogens is 6. The van der Waals surface area contributed by atoms with Crippen LogP contribution in [0.15, 0.2) is 36.9 Å². The lowest BCUT2D eigenvalue weighted by Crippen LogP contribution is -2.24. The number of hydrogen-bond donors (Lipinski definition) is 2. The van der Waals surface area contributed by atoms with Crippen LogP contribution < -0.4 is 5.32 Å². The highest BCUT2D eigenvalue weighted by Gasteiger charge is 2.23. The van der Waals surface area contributed by atoms with Crippen LogP contribution in [-0.4, -0.2) is 42.0 Å². The van der Waals surface area contributed by atoms with Crippen molar-refractivity contribution >= 4 is 17.1 Å². The number of alkyl halides is 2. The molecule has 0 saturated heterocycles. The Hall–Kier alpha value is -3.76. The average molecular weight is 469 g/mol. The van der Waals surface area contributed by atoms with Gasteiger partial charge in [-0.05, 0) is 42.2 Å². The van der Waals surface area contributed by atoms with Gasteiger partial charge in [-0.2, -0.15) is 5.10 Å². The number of H-pyrrole nitrogens is 1. The minimum atomic E-state index is -2.54. The van der Waals surface area contributed by atoms with Gasteiger partial charge in [0.05, 0.1) is 6.20 Å². The first-order valence-electron chi connectivity index (χ1n) is 11.1. The monoisotopic (exact) mass is 469 g/mol. The molecule has 1 saturated carbocycles. The van der Waals surface area contributed by atoms with Crippen LogP contribution in [0, 0.1) is 5.82 Å². The van der Waals surface area contributed by atoms with Gasteiger partial charge in [-0.3, -0.25) is 9.48 Å². The zero-order chi connectivity index (χ0) is 23.7. The Morgan fingerprint density at radius 1 is 1.18 bits per heavy atom. The lowest BCUT2D eigenvalue weighted by Gasteiger charge is -2.08. The molecule has 1 aromatic carbocycles. The van der Waals surface area contributed by atoms with E-state index in [1.165, 1.54) is 30.9 Å². The molecule has 0 atom stereocenters. The van der Waals surface area contributed by atoms with Crippen LogP contribution in [-0.2, 0) is 13.1 Å². The van der Waals surface area contributed by atoms with Gasteiger partial charge in [-0.1, -0.05) is 12.8 Å². The highest BCUT2D eigenvalue weighted by Crippen LogP contribution is 2.33. The Balaban J connectivity index is 1.33. The SMILES string of the molecule is O=C(NCc1cc(F)cc(-c2cnn(CC(F)F)c2)c1)c1ncnc2nc(C3CCCC3)[nH]c12. The van der Waals surface area contributed by atoms with Gasteiger partial charge in [-0.25, -0.2) is 28.1 Å². The molecule has 3 heterocycles. The molecule has 0 aliphatic heterocycles. The molecular formula is C23H22F3N7O. The van der Waals surface area contributed by atoms with Crippen LogP contribution in [0.5, 0.6) is 0 Å². The smallest absolute Gasteiger partial charge is 0.272 e. The second-order valence-corrected chi connectivity index (χ2v) is 8.40. The van der Waals surface area contributed by atoms with E-state index in [0.29, 0.717) is 33.8 Å². The Labute approximate surface area is 192 Å². The summed E-state index contributed by atoms with van der Waals surface area (Å²) in [4.78, 5) is 28.9. The Morgan fingerprint density at radius 3 is 2.79 bits per heavy atom. The van der Waals surface area contributed by atoms with E-state index >= 15 is 0 Å². The minimum Gasteiger partial charge on any atom is -0.347 e. The maximum absolute atomic E-state index is 14.2. The third kappa shape index (κ3) is 4.63. The number of imidazole rings is 1. The van der Waals surface area contributed by atoms with Gasteiger partial charge in [0.25, 0.3) is 12.3 Å². The summed E-state index contributed by atoms with van der Waals surface area (Å²) in [5.41, 5.74) is 2.58. The van der Waals surface area contributed by atoms with Crippen LogP contribution in [0.3, 0.4) is 0 Å². The normalized spacial score (nSPS) is 14.4. The zero-order valence-corrected chi connectivity index (χ0v) is 18.1. The maximum atomic E-state index is 14.2. The number of fused-ring (bicyclic) bond motifs is 1. The van der Waals surface area contributed by atoms with E-state index in [2.05, 4.69) is 30.4 Å². The summed E-state index contributed by atoms with van der Waals surface area (Å²) in [6.45, 7) is -0.494. The fourth-order valence-corrected chi connectivity index (χ4v) is 4.35. The molecule has 0 radical (unpaired) electrons. The molecule has 1 aliphatic carbocycles. The topological polar surface area (TPSA) is 101 Å². The van der Waals surface area contributed by atoms with Crippen molar-refractivity contribution in [2.24, 2.45) is 0 Å². The molecule has 1 aliphatic rings. The van der Waals surface area contributed by atoms with E-state index in [1.54, 1.807) is 6.07 Å². The molecule has 3 aromatic heterocycles. The van der Waals surface area contributed by atoms with Crippen LogP contribution in [0.2, 0.25) is 0 Å². The van der Waals surface area contributed by atoms with Gasteiger partial charge >= 0.3 is 0 Å². The molecule has 0 unspecified atom stereocenters. The summed E-state index contributed by atoms with van der Waals surface area (Å²) in [5.74, 6) is 0.206. The molecule has 0 bridgehead atoms. The molecule has 176 valence electrons. The third-order valence-corrected chi connectivity index (χ3v) is 5.97. The Morgan fingerprint density at radius 2 is 2.00 bits per heavy atom. The molecule has 5 rings (SSSR count). The highest BCUT2D eigenvalue weighted by molar-refractivity contribution is 6.02. The number of halogens is 3. The van der Waals surface area contributed by atoms with Crippen molar-refractivity contribution in [1.29, 1.82) is 0 Å². The number of hydrogen-bond acceptors (Lipinski definition) is 5. The lowest BCUT2D eigenvalue weighted by molar-refractivity contribution is 0.0947. The summed E-state index contributed by atoms with van der Waals surface area (Å²) in [6.07, 6.45) is 6.01. The van der Waals surface area contributed by atoms with Crippen molar-refractivity contribution in [3.8, 4) is 11.1 Å². The number of carbonyl (C=O) groups is 1. The number of carbonyl (C=O) groups excluding carboxylic acids is 1. The van der Waals surface area contributed by atoms with Gasteiger partial charge in [0, 0.05) is 24.2 Å². The van der Waals surface area contributed by atoms with Crippen LogP contribution in [0.1, 0.15) is 53.5 Å². The van der Waals surface area contributed by atoms with Gasteiger partial charge in [0.1, 0.15) is 30.0 Å². The van der Waals surface area contributed by atoms with Crippen molar-refractivity contribution in [2.75, 3.05) is 0 Å². The Bertz CT molecular complexity index is 1330. The summed E-state index contributed by atoms with van der Waals surface area (Å²) >= 11 is 0. The molecule has 4 aromatic rings. The summed E-state index contributed by atoms with van der Waals surface area (Å²) < 4.78 is 40.5. The molecule has 11 heteroatoms. The van der Waals surface area contributed by atoms with E-state index in [0.717, 1.165) is 36.2 Å². The lowest BCUT2D eigenvalue weighted by atomic mass is 10.1. The van der Waals surface area contributed by atoms with Crippen molar-refractivity contribution in [3.05, 3.63) is 59.8 Å². The van der Waals surface area contributed by atoms with Crippen LogP contribution >= 0.6 is 0 Å². The molecule has 1 amide bonds. The van der Waals surface area contributed by atoms with E-state index in [9.17, 15) is 18.0 Å². The number of nitrogens with one attached hydrogen (secondary N) is 2. The molecule has 34 heavy (non-hydrogen) atoms. The van der Waals surface area contributed by atoms with Crippen LogP contribution in [0.25, 0.3) is 22.3 Å². The van der Waals surface area contributed by atoms with Crippen molar-refractivity contribution in [2.45, 2.75) is 51.1 Å². The predicted octanol–water partition coefficient (Wildman–Crippen LogP) is 4.21. The number of aromatic amines is 1. The molecule has 2 N–H and O–H groups in total. The van der Waals surface area contributed by atoms with Gasteiger partial charge in [0.15, 0.2) is 11.3 Å². The van der Waals surface area contributed by atoms with Gasteiger partial charge in [0.2, 0.25) is 0 Å². The summed E-state index contributed by atoms with van der Waals surface area (Å²) in [6, 6.07) is 4.27. The second-order valence-electron chi connectivity index (χ2n) is 8.40. The first kappa shape index (κ1) is 22.1. The standard InChI is InChI=1S/C23H22F3N7O/c24-17-6-13(5-15(7-17)16-9-30-33(10-16)11-18(25)26)8-27-23(34)20-19-22(29-12-28-20)32-21(31-19)14-3-1-2-4-14/h5-7,9-10,12,14,18H,1-4,8,11H2,(H,27,34)(H,28,29,31,32). The van der Waals surface area contributed by atoms with Gasteiger partial charge in [-0.15, -0.1) is 0 Å². The summed E-state index contributed by atoms with van der Waals surface area (Å²) in [5, 5.41) is 6.65.